The molecule has 38 heavy (non-hydrogen) atoms. The molecule has 0 saturated carbocycles. The van der Waals surface area contributed by atoms with Gasteiger partial charge in [-0.25, -0.2) is 4.98 Å². The van der Waals surface area contributed by atoms with Gasteiger partial charge in [0.1, 0.15) is 30.7 Å². The van der Waals surface area contributed by atoms with Gasteiger partial charge in [-0.15, -0.1) is 0 Å². The van der Waals surface area contributed by atoms with E-state index in [4.69, 9.17) is 14.5 Å². The average Bonchev–Trinajstić information content (AvgIpc) is 2.89. The number of hydrogen-bond donors (Lipinski definition) is 1. The van der Waals surface area contributed by atoms with E-state index in [-0.39, 0.29) is 37.2 Å². The Morgan fingerprint density at radius 1 is 1.16 bits per heavy atom. The lowest BCUT2D eigenvalue weighted by Gasteiger charge is -2.42. The molecule has 2 aliphatic heterocycles. The van der Waals surface area contributed by atoms with Crippen LogP contribution in [0.5, 0.6) is 5.75 Å². The molecule has 1 aromatic carbocycles. The number of aromatic nitrogens is 2. The Labute approximate surface area is 224 Å². The second-order valence-electron chi connectivity index (χ2n) is 10.0. The van der Waals surface area contributed by atoms with E-state index in [2.05, 4.69) is 45.9 Å². The predicted octanol–water partition coefficient (Wildman–Crippen LogP) is 2.88. The van der Waals surface area contributed by atoms with Crippen LogP contribution in [0.3, 0.4) is 0 Å². The first kappa shape index (κ1) is 27.4. The molecule has 3 heterocycles. The zero-order valence-electron chi connectivity index (χ0n) is 23.2. The van der Waals surface area contributed by atoms with Gasteiger partial charge in [0.15, 0.2) is 5.82 Å². The molecular formula is C27H39N7O4. The zero-order chi connectivity index (χ0) is 27.4. The number of hydrogen-bond acceptors (Lipinski definition) is 10. The Bertz CT molecular complexity index is 1150. The third-order valence-corrected chi connectivity index (χ3v) is 6.97. The minimum Gasteiger partial charge on any atom is -0.488 e. The first-order valence-electron chi connectivity index (χ1n) is 13.2. The van der Waals surface area contributed by atoms with Crippen molar-refractivity contribution in [3.63, 3.8) is 0 Å². The molecule has 4 rings (SSSR count). The van der Waals surface area contributed by atoms with Crippen LogP contribution in [-0.4, -0.2) is 92.3 Å². The van der Waals surface area contributed by atoms with Crippen LogP contribution >= 0.6 is 0 Å². The van der Waals surface area contributed by atoms with Gasteiger partial charge >= 0.3 is 5.97 Å². The predicted molar refractivity (Wildman–Crippen MR) is 149 cm³/mol. The van der Waals surface area contributed by atoms with Gasteiger partial charge < -0.3 is 34.4 Å². The van der Waals surface area contributed by atoms with E-state index in [0.717, 1.165) is 37.7 Å². The Morgan fingerprint density at radius 2 is 1.89 bits per heavy atom. The van der Waals surface area contributed by atoms with E-state index >= 15 is 0 Å². The van der Waals surface area contributed by atoms with Crippen LogP contribution < -0.4 is 24.8 Å². The normalized spacial score (nSPS) is 18.0. The van der Waals surface area contributed by atoms with E-state index in [9.17, 15) is 9.59 Å². The van der Waals surface area contributed by atoms with Gasteiger partial charge in [-0.2, -0.15) is 4.98 Å². The monoisotopic (exact) mass is 525 g/mol. The van der Waals surface area contributed by atoms with Gasteiger partial charge in [-0.3, -0.25) is 9.59 Å². The Morgan fingerprint density at radius 3 is 2.55 bits per heavy atom. The number of carbonyl (C=O) groups excluding carboxylic acids is 2. The summed E-state index contributed by atoms with van der Waals surface area (Å²) < 4.78 is 11.0. The van der Waals surface area contributed by atoms with Crippen LogP contribution in [0, 0.1) is 0 Å². The second-order valence-corrected chi connectivity index (χ2v) is 10.0. The lowest BCUT2D eigenvalue weighted by molar-refractivity contribution is -0.141. The molecule has 11 nitrogen and oxygen atoms in total. The minimum atomic E-state index is -0.344. The Balaban J connectivity index is 1.65. The summed E-state index contributed by atoms with van der Waals surface area (Å²) in [6.45, 7) is 11.7. The molecule has 1 atom stereocenters. The molecule has 206 valence electrons. The van der Waals surface area contributed by atoms with Crippen LogP contribution in [0.15, 0.2) is 24.4 Å². The third kappa shape index (κ3) is 5.93. The van der Waals surface area contributed by atoms with Crippen molar-refractivity contribution in [3.8, 4) is 5.75 Å². The summed E-state index contributed by atoms with van der Waals surface area (Å²) in [7, 11) is 3.90. The molecule has 1 N–H and O–H groups in total. The smallest absolute Gasteiger partial charge is 0.302 e. The number of nitrogens with one attached hydrogen (secondary N) is 1. The molecule has 0 radical (unpaired) electrons. The van der Waals surface area contributed by atoms with Crippen molar-refractivity contribution < 1.29 is 19.1 Å². The molecule has 0 unspecified atom stereocenters. The standard InChI is InChI=1S/C27H39N7O4/c1-7-22-26(36)32(6)23-17-28-27(30-25(23)34(22)18(2)3)29-21-16-20(33-12-10-31(5)11-13-33)8-9-24(21)38-15-14-37-19(4)35/h8-9,16-18,22H,7,10-15H2,1-6H3,(H,28,29,30)/t22-/m1/s1. The molecule has 0 bridgehead atoms. The van der Waals surface area contributed by atoms with Crippen LogP contribution in [0.1, 0.15) is 34.1 Å². The Hall–Kier alpha value is -3.60. The van der Waals surface area contributed by atoms with Gasteiger partial charge in [-0.1, -0.05) is 6.92 Å². The van der Waals surface area contributed by atoms with Crippen LogP contribution in [-0.2, 0) is 14.3 Å². The summed E-state index contributed by atoms with van der Waals surface area (Å²) >= 11 is 0. The highest BCUT2D eigenvalue weighted by Crippen LogP contribution is 2.38. The van der Waals surface area contributed by atoms with E-state index in [1.807, 2.05) is 25.1 Å². The fourth-order valence-electron chi connectivity index (χ4n) is 4.90. The summed E-state index contributed by atoms with van der Waals surface area (Å²) in [4.78, 5) is 41.9. The summed E-state index contributed by atoms with van der Waals surface area (Å²) in [6.07, 6.45) is 2.37. The highest BCUT2D eigenvalue weighted by atomic mass is 16.6. The fraction of sp³-hybridized carbons (Fsp3) is 0.556. The van der Waals surface area contributed by atoms with Gasteiger partial charge in [0, 0.05) is 51.9 Å². The van der Waals surface area contributed by atoms with Crippen LogP contribution in [0.25, 0.3) is 0 Å². The van der Waals surface area contributed by atoms with Crippen LogP contribution in [0.2, 0.25) is 0 Å². The number of ether oxygens (including phenoxy) is 2. The lowest BCUT2D eigenvalue weighted by atomic mass is 10.1. The molecule has 0 aliphatic carbocycles. The zero-order valence-corrected chi connectivity index (χ0v) is 23.2. The number of piperazine rings is 1. The van der Waals surface area contributed by atoms with Crippen molar-refractivity contribution in [2.75, 3.05) is 73.5 Å². The van der Waals surface area contributed by atoms with E-state index in [1.54, 1.807) is 18.1 Å². The largest absolute Gasteiger partial charge is 0.488 e. The SMILES string of the molecule is CC[C@@H]1C(=O)N(C)c2cnc(Nc3cc(N4CCN(C)CC4)ccc3OCCOC(C)=O)nc2N1C(C)C. The molecule has 1 aromatic heterocycles. The fourth-order valence-corrected chi connectivity index (χ4v) is 4.90. The quantitative estimate of drug-likeness (QED) is 0.388. The highest BCUT2D eigenvalue weighted by Gasteiger charge is 2.38. The number of benzene rings is 1. The molecule has 1 amide bonds. The molecule has 2 aliphatic rings. The summed E-state index contributed by atoms with van der Waals surface area (Å²) in [6, 6.07) is 5.80. The van der Waals surface area contributed by atoms with Crippen molar-refractivity contribution in [3.05, 3.63) is 24.4 Å². The van der Waals surface area contributed by atoms with E-state index < -0.39 is 0 Å². The molecule has 11 heteroatoms. The number of nitrogens with zero attached hydrogens (tertiary/aromatic N) is 6. The van der Waals surface area contributed by atoms with Crippen molar-refractivity contribution in [2.45, 2.75) is 46.2 Å². The number of likely N-dealkylation sites (N-methyl/N-ethyl adjacent to an activating group) is 2. The molecule has 1 saturated heterocycles. The minimum absolute atomic E-state index is 0.0429. The number of esters is 1. The second kappa shape index (κ2) is 11.8. The maximum Gasteiger partial charge on any atom is 0.302 e. The molecular weight excluding hydrogens is 486 g/mol. The Kier molecular flexibility index (Phi) is 8.55. The van der Waals surface area contributed by atoms with Crippen molar-refractivity contribution in [1.82, 2.24) is 14.9 Å². The summed E-state index contributed by atoms with van der Waals surface area (Å²) in [5.41, 5.74) is 2.47. The molecule has 0 spiro atoms. The topological polar surface area (TPSA) is 103 Å². The molecule has 2 aromatic rings. The highest BCUT2D eigenvalue weighted by molar-refractivity contribution is 6.04. The lowest BCUT2D eigenvalue weighted by Crippen LogP contribution is -2.54. The first-order valence-corrected chi connectivity index (χ1v) is 13.2. The number of rotatable bonds is 9. The van der Waals surface area contributed by atoms with Crippen molar-refractivity contribution >= 4 is 40.7 Å². The van der Waals surface area contributed by atoms with Crippen molar-refractivity contribution in [2.24, 2.45) is 0 Å². The van der Waals surface area contributed by atoms with Gasteiger partial charge in [-0.05, 0) is 45.5 Å². The van der Waals surface area contributed by atoms with Crippen molar-refractivity contribution in [1.29, 1.82) is 0 Å². The third-order valence-electron chi connectivity index (χ3n) is 6.97. The van der Waals surface area contributed by atoms with E-state index in [1.165, 1.54) is 6.92 Å². The maximum absolute atomic E-state index is 13.0. The molecule has 1 fully saturated rings. The number of amides is 1. The van der Waals surface area contributed by atoms with Crippen LogP contribution in [0.4, 0.5) is 28.8 Å². The summed E-state index contributed by atoms with van der Waals surface area (Å²) in [5.74, 6) is 1.44. The number of anilines is 5. The maximum atomic E-state index is 13.0. The van der Waals surface area contributed by atoms with Gasteiger partial charge in [0.2, 0.25) is 11.9 Å². The first-order chi connectivity index (χ1) is 18.2. The van der Waals surface area contributed by atoms with Gasteiger partial charge in [0.05, 0.1) is 11.9 Å². The van der Waals surface area contributed by atoms with Gasteiger partial charge in [0.25, 0.3) is 0 Å². The summed E-state index contributed by atoms with van der Waals surface area (Å²) in [5, 5.41) is 3.36. The average molecular weight is 526 g/mol. The van der Waals surface area contributed by atoms with E-state index in [0.29, 0.717) is 29.5 Å². The number of fused-ring (bicyclic) bond motifs is 1. The number of carbonyl (C=O) groups is 2.